The molecule has 3 heterocycles. The van der Waals surface area contributed by atoms with Crippen LogP contribution in [0.25, 0.3) is 10.1 Å². The highest BCUT2D eigenvalue weighted by Gasteiger charge is 2.29. The summed E-state index contributed by atoms with van der Waals surface area (Å²) in [5.74, 6) is -0.445. The number of hydrogen-bond acceptors (Lipinski definition) is 8. The normalized spacial score (nSPS) is 17.8. The highest BCUT2D eigenvalue weighted by atomic mass is 35.5. The van der Waals surface area contributed by atoms with Gasteiger partial charge in [-0.3, -0.25) is 29.4 Å². The number of nitrogens with two attached hydrogens (primary N) is 1. The van der Waals surface area contributed by atoms with Gasteiger partial charge in [0, 0.05) is 53.3 Å². The first-order valence-electron chi connectivity index (χ1n) is 12.2. The Kier molecular flexibility index (Phi) is 7.40. The molecule has 38 heavy (non-hydrogen) atoms. The smallest absolute Gasteiger partial charge is 0.270 e. The Morgan fingerprint density at radius 2 is 1.95 bits per heavy atom. The molecule has 3 amide bonds. The van der Waals surface area contributed by atoms with Gasteiger partial charge < -0.3 is 16.0 Å². The number of halogens is 1. The van der Waals surface area contributed by atoms with Crippen molar-refractivity contribution in [1.29, 1.82) is 0 Å². The minimum Gasteiger partial charge on any atom is -0.365 e. The Balaban J connectivity index is 1.20. The van der Waals surface area contributed by atoms with Crippen molar-refractivity contribution < 1.29 is 19.3 Å². The highest BCUT2D eigenvalue weighted by Crippen LogP contribution is 2.40. The molecule has 0 bridgehead atoms. The molecule has 3 N–H and O–H groups in total. The summed E-state index contributed by atoms with van der Waals surface area (Å²) >= 11 is 9.04. The van der Waals surface area contributed by atoms with Gasteiger partial charge in [-0.25, -0.2) is 0 Å². The molecule has 1 fully saturated rings. The lowest BCUT2D eigenvalue weighted by Gasteiger charge is -2.34. The summed E-state index contributed by atoms with van der Waals surface area (Å²) in [6.45, 7) is 4.12. The van der Waals surface area contributed by atoms with Crippen LogP contribution in [0.4, 0.5) is 10.7 Å². The van der Waals surface area contributed by atoms with E-state index in [4.69, 9.17) is 17.3 Å². The predicted molar refractivity (Wildman–Crippen MR) is 148 cm³/mol. The Bertz CT molecular complexity index is 1460. The number of nitro benzene ring substituents is 1. The van der Waals surface area contributed by atoms with Gasteiger partial charge in [-0.05, 0) is 36.8 Å². The summed E-state index contributed by atoms with van der Waals surface area (Å²) in [6, 6.07) is 4.36. The molecule has 0 spiro atoms. The number of hydrogen-bond donors (Lipinski definition) is 2. The maximum absolute atomic E-state index is 13.2. The summed E-state index contributed by atoms with van der Waals surface area (Å²) < 4.78 is 0.586. The van der Waals surface area contributed by atoms with Crippen LogP contribution in [0.5, 0.6) is 0 Å². The quantitative estimate of drug-likeness (QED) is 0.334. The molecule has 200 valence electrons. The monoisotopic (exact) mass is 575 g/mol. The van der Waals surface area contributed by atoms with Gasteiger partial charge in [-0.1, -0.05) is 18.5 Å². The lowest BCUT2D eigenvalue weighted by Crippen LogP contribution is -2.50. The van der Waals surface area contributed by atoms with Crippen LogP contribution in [0.2, 0.25) is 5.02 Å². The van der Waals surface area contributed by atoms with Gasteiger partial charge in [0.25, 0.3) is 17.5 Å². The number of benzene rings is 1. The molecule has 0 radical (unpaired) electrons. The lowest BCUT2D eigenvalue weighted by atomic mass is 9.88. The molecular formula is C25H26ClN5O5S2. The van der Waals surface area contributed by atoms with Crippen LogP contribution < -0.4 is 11.1 Å². The largest absolute Gasteiger partial charge is 0.365 e. The fraction of sp³-hybridized carbons (Fsp3) is 0.400. The molecule has 2 aromatic heterocycles. The molecule has 3 aromatic rings. The molecular weight excluding hydrogens is 550 g/mol. The van der Waals surface area contributed by atoms with Crippen LogP contribution >= 0.6 is 34.3 Å². The van der Waals surface area contributed by atoms with Gasteiger partial charge in [-0.2, -0.15) is 0 Å². The lowest BCUT2D eigenvalue weighted by molar-refractivity contribution is -0.384. The van der Waals surface area contributed by atoms with Crippen LogP contribution in [-0.4, -0.2) is 65.2 Å². The molecule has 1 atom stereocenters. The maximum Gasteiger partial charge on any atom is 0.270 e. The van der Waals surface area contributed by atoms with Crippen molar-refractivity contribution in [2.45, 2.75) is 26.2 Å². The second-order valence-electron chi connectivity index (χ2n) is 9.72. The fourth-order valence-electron chi connectivity index (χ4n) is 5.03. The minimum absolute atomic E-state index is 0.0541. The molecule has 5 rings (SSSR count). The summed E-state index contributed by atoms with van der Waals surface area (Å²) in [5.41, 5.74) is 7.01. The van der Waals surface area contributed by atoms with Crippen LogP contribution in [-0.2, 0) is 17.6 Å². The molecule has 2 aliphatic rings. The van der Waals surface area contributed by atoms with E-state index >= 15 is 0 Å². The van der Waals surface area contributed by atoms with E-state index in [0.717, 1.165) is 41.0 Å². The van der Waals surface area contributed by atoms with E-state index in [1.54, 1.807) is 11.0 Å². The van der Waals surface area contributed by atoms with Gasteiger partial charge in [0.05, 0.1) is 22.1 Å². The van der Waals surface area contributed by atoms with Crippen LogP contribution in [0.3, 0.4) is 0 Å². The van der Waals surface area contributed by atoms with E-state index in [1.165, 1.54) is 23.5 Å². The summed E-state index contributed by atoms with van der Waals surface area (Å²) in [6.07, 6.45) is 2.66. The average Bonchev–Trinajstić information content (AvgIpc) is 3.40. The predicted octanol–water partition coefficient (Wildman–Crippen LogP) is 4.14. The molecule has 1 unspecified atom stereocenters. The van der Waals surface area contributed by atoms with E-state index < -0.39 is 10.8 Å². The van der Waals surface area contributed by atoms with Crippen LogP contribution in [0.1, 0.15) is 43.8 Å². The number of carbonyl (C=O) groups excluding carboxylic acids is 3. The third kappa shape index (κ3) is 5.13. The maximum atomic E-state index is 13.2. The standard InChI is InChI=1S/C25H26ClN5O5S2/c1-13-2-4-15-17(10-13)38-24(20(15)23(27)33)28-19(32)12-29-6-8-30(9-7-29)25(34)22-21(26)16-5-3-14(31(35)36)11-18(16)37-22/h3,5,11,13H,2,4,6-10,12H2,1H3,(H2,27,33)(H,28,32). The highest BCUT2D eigenvalue weighted by molar-refractivity contribution is 7.21. The van der Waals surface area contributed by atoms with E-state index in [2.05, 4.69) is 12.2 Å². The number of nitro groups is 1. The van der Waals surface area contributed by atoms with Crippen molar-refractivity contribution >= 4 is 72.8 Å². The molecule has 1 aliphatic carbocycles. The molecule has 0 saturated carbocycles. The number of fused-ring (bicyclic) bond motifs is 2. The Labute approximate surface area is 231 Å². The molecule has 13 heteroatoms. The number of anilines is 1. The number of amides is 3. The van der Waals surface area contributed by atoms with Crippen molar-refractivity contribution in [2.75, 3.05) is 38.0 Å². The number of piperazine rings is 1. The Morgan fingerprint density at radius 1 is 1.21 bits per heavy atom. The molecule has 10 nitrogen and oxygen atoms in total. The first-order chi connectivity index (χ1) is 18.1. The minimum atomic E-state index is -0.519. The van der Waals surface area contributed by atoms with Crippen molar-refractivity contribution in [2.24, 2.45) is 11.7 Å². The van der Waals surface area contributed by atoms with Crippen LogP contribution in [0.15, 0.2) is 18.2 Å². The zero-order valence-corrected chi connectivity index (χ0v) is 23.0. The van der Waals surface area contributed by atoms with Crippen LogP contribution in [0, 0.1) is 16.0 Å². The molecule has 1 aromatic carbocycles. The molecule has 1 saturated heterocycles. The van der Waals surface area contributed by atoms with Gasteiger partial charge in [0.15, 0.2) is 0 Å². The van der Waals surface area contributed by atoms with Crippen molar-refractivity contribution in [3.05, 3.63) is 54.2 Å². The van der Waals surface area contributed by atoms with Gasteiger partial charge in [0.2, 0.25) is 5.91 Å². The first-order valence-corrected chi connectivity index (χ1v) is 14.3. The summed E-state index contributed by atoms with van der Waals surface area (Å²) in [4.78, 5) is 53.9. The third-order valence-corrected chi connectivity index (χ3v) is 9.87. The number of carbonyl (C=O) groups is 3. The summed E-state index contributed by atoms with van der Waals surface area (Å²) in [7, 11) is 0. The fourth-order valence-corrected chi connectivity index (χ4v) is 7.97. The average molecular weight is 576 g/mol. The summed E-state index contributed by atoms with van der Waals surface area (Å²) in [5, 5.41) is 15.4. The number of non-ortho nitro benzene ring substituents is 1. The number of primary amides is 1. The van der Waals surface area contributed by atoms with Gasteiger partial charge in [0.1, 0.15) is 9.88 Å². The number of nitrogens with zero attached hydrogens (tertiary/aromatic N) is 3. The first kappa shape index (κ1) is 26.5. The SMILES string of the molecule is CC1CCc2c(sc(NC(=O)CN3CCN(C(=O)c4sc5cc([N+](=O)[O-])ccc5c4Cl)CC3)c2C(N)=O)C1. The van der Waals surface area contributed by atoms with E-state index in [1.807, 2.05) is 4.90 Å². The van der Waals surface area contributed by atoms with E-state index in [9.17, 15) is 24.5 Å². The number of rotatable bonds is 6. The number of thiophene rings is 2. The zero-order chi connectivity index (χ0) is 27.1. The van der Waals surface area contributed by atoms with E-state index in [0.29, 0.717) is 62.6 Å². The zero-order valence-electron chi connectivity index (χ0n) is 20.6. The molecule has 1 aliphatic heterocycles. The van der Waals surface area contributed by atoms with Gasteiger partial charge >= 0.3 is 0 Å². The van der Waals surface area contributed by atoms with Gasteiger partial charge in [-0.15, -0.1) is 22.7 Å². The number of nitrogens with one attached hydrogen (secondary N) is 1. The Hall–Kier alpha value is -3.06. The van der Waals surface area contributed by atoms with Crippen molar-refractivity contribution in [3.8, 4) is 0 Å². The second-order valence-corrected chi connectivity index (χ2v) is 12.3. The van der Waals surface area contributed by atoms with Crippen molar-refractivity contribution in [3.63, 3.8) is 0 Å². The van der Waals surface area contributed by atoms with Crippen molar-refractivity contribution in [1.82, 2.24) is 9.80 Å². The topological polar surface area (TPSA) is 139 Å². The van der Waals surface area contributed by atoms with E-state index in [-0.39, 0.29) is 24.0 Å². The Morgan fingerprint density at radius 3 is 2.63 bits per heavy atom. The second kappa shape index (κ2) is 10.6. The third-order valence-electron chi connectivity index (χ3n) is 7.06.